The number of aromatic amines is 1. The predicted octanol–water partition coefficient (Wildman–Crippen LogP) is 4.71. The predicted molar refractivity (Wildman–Crippen MR) is 78.6 cm³/mol. The smallest absolute Gasteiger partial charge is 0.178 e. The zero-order valence-corrected chi connectivity index (χ0v) is 11.6. The second kappa shape index (κ2) is 4.90. The molecule has 0 radical (unpaired) electrons. The number of rotatable bonds is 2. The Hall–Kier alpha value is -1.06. The third-order valence-corrected chi connectivity index (χ3v) is 4.11. The summed E-state index contributed by atoms with van der Waals surface area (Å²) in [6, 6.07) is 5.87. The van der Waals surface area contributed by atoms with Crippen molar-refractivity contribution in [1.82, 2.24) is 9.55 Å². The van der Waals surface area contributed by atoms with E-state index in [0.717, 1.165) is 33.8 Å². The molecule has 0 bridgehead atoms. The lowest BCUT2D eigenvalue weighted by atomic mass is 9.94. The summed E-state index contributed by atoms with van der Waals surface area (Å²) in [5, 5.41) is 0.758. The highest BCUT2D eigenvalue weighted by molar-refractivity contribution is 7.71. The van der Waals surface area contributed by atoms with E-state index >= 15 is 0 Å². The Morgan fingerprint density at radius 1 is 1.39 bits per heavy atom. The van der Waals surface area contributed by atoms with Gasteiger partial charge in [0.05, 0.1) is 11.0 Å². The number of imidazole rings is 1. The van der Waals surface area contributed by atoms with Gasteiger partial charge in [-0.2, -0.15) is 0 Å². The van der Waals surface area contributed by atoms with Crippen molar-refractivity contribution in [2.75, 3.05) is 0 Å². The molecule has 2 aromatic rings. The maximum absolute atomic E-state index is 6.07. The number of H-pyrrole nitrogens is 1. The summed E-state index contributed by atoms with van der Waals surface area (Å²) in [6.45, 7) is 0.976. The zero-order valence-electron chi connectivity index (χ0n) is 10.0. The monoisotopic (exact) mass is 278 g/mol. The van der Waals surface area contributed by atoms with Gasteiger partial charge in [0.15, 0.2) is 4.77 Å². The van der Waals surface area contributed by atoms with Gasteiger partial charge in [-0.1, -0.05) is 23.8 Å². The van der Waals surface area contributed by atoms with E-state index in [1.807, 2.05) is 18.2 Å². The number of fused-ring (bicyclic) bond motifs is 1. The van der Waals surface area contributed by atoms with Crippen LogP contribution in [0, 0.1) is 10.7 Å². The van der Waals surface area contributed by atoms with E-state index in [2.05, 4.69) is 21.7 Å². The van der Waals surface area contributed by atoms with Gasteiger partial charge in [-0.05, 0) is 55.6 Å². The van der Waals surface area contributed by atoms with Gasteiger partial charge in [0.2, 0.25) is 0 Å². The fourth-order valence-corrected chi connectivity index (χ4v) is 3.04. The number of hydrogen-bond acceptors (Lipinski definition) is 1. The minimum Gasteiger partial charge on any atom is -0.331 e. The van der Waals surface area contributed by atoms with Crippen molar-refractivity contribution in [3.05, 3.63) is 40.1 Å². The van der Waals surface area contributed by atoms with E-state index in [0.29, 0.717) is 5.92 Å². The molecular formula is C14H15ClN2S. The summed E-state index contributed by atoms with van der Waals surface area (Å²) in [7, 11) is 0. The number of hydrogen-bond donors (Lipinski definition) is 1. The molecule has 0 aliphatic heterocycles. The van der Waals surface area contributed by atoms with Crippen molar-refractivity contribution in [1.29, 1.82) is 0 Å². The second-order valence-corrected chi connectivity index (χ2v) is 5.68. The average Bonchev–Trinajstić information content (AvgIpc) is 2.67. The number of aromatic nitrogens is 2. The minimum absolute atomic E-state index is 0.680. The van der Waals surface area contributed by atoms with Crippen LogP contribution < -0.4 is 0 Å². The number of halogens is 1. The van der Waals surface area contributed by atoms with Crippen molar-refractivity contribution < 1.29 is 0 Å². The zero-order chi connectivity index (χ0) is 12.5. The van der Waals surface area contributed by atoms with Crippen LogP contribution >= 0.6 is 23.8 Å². The van der Waals surface area contributed by atoms with Crippen molar-refractivity contribution in [2.45, 2.75) is 25.8 Å². The summed E-state index contributed by atoms with van der Waals surface area (Å²) >= 11 is 11.5. The number of nitrogens with zero attached hydrogens (tertiary/aromatic N) is 1. The van der Waals surface area contributed by atoms with Gasteiger partial charge in [0.1, 0.15) is 0 Å². The molecule has 2 nitrogen and oxygen atoms in total. The van der Waals surface area contributed by atoms with E-state index in [1.165, 1.54) is 12.8 Å². The number of allylic oxidation sites excluding steroid dienone is 2. The Labute approximate surface area is 116 Å². The van der Waals surface area contributed by atoms with E-state index in [-0.39, 0.29) is 0 Å². The van der Waals surface area contributed by atoms with Crippen LogP contribution in [0.2, 0.25) is 5.02 Å². The molecular weight excluding hydrogens is 264 g/mol. The molecule has 1 aliphatic carbocycles. The molecule has 94 valence electrons. The lowest BCUT2D eigenvalue weighted by Gasteiger charge is -2.18. The van der Waals surface area contributed by atoms with Gasteiger partial charge < -0.3 is 9.55 Å². The van der Waals surface area contributed by atoms with Crippen LogP contribution in [0.5, 0.6) is 0 Å². The number of benzene rings is 1. The summed E-state index contributed by atoms with van der Waals surface area (Å²) in [5.74, 6) is 0.680. The fourth-order valence-electron chi connectivity index (χ4n) is 2.59. The van der Waals surface area contributed by atoms with Gasteiger partial charge in [-0.3, -0.25) is 0 Å². The lowest BCUT2D eigenvalue weighted by molar-refractivity contribution is 0.413. The van der Waals surface area contributed by atoms with Gasteiger partial charge in [0, 0.05) is 11.6 Å². The molecule has 3 rings (SSSR count). The first-order valence-corrected chi connectivity index (χ1v) is 7.06. The highest BCUT2D eigenvalue weighted by Crippen LogP contribution is 2.24. The van der Waals surface area contributed by atoms with Crippen LogP contribution in [-0.2, 0) is 6.54 Å². The molecule has 1 unspecified atom stereocenters. The van der Waals surface area contributed by atoms with Crippen LogP contribution in [0.15, 0.2) is 30.4 Å². The Morgan fingerprint density at radius 3 is 3.06 bits per heavy atom. The molecule has 0 saturated carbocycles. The number of nitrogens with one attached hydrogen (secondary N) is 1. The first-order chi connectivity index (χ1) is 8.74. The molecule has 0 fully saturated rings. The van der Waals surface area contributed by atoms with Gasteiger partial charge in [-0.25, -0.2) is 0 Å². The van der Waals surface area contributed by atoms with Crippen molar-refractivity contribution in [3.63, 3.8) is 0 Å². The summed E-state index contributed by atoms with van der Waals surface area (Å²) in [5.41, 5.74) is 2.18. The van der Waals surface area contributed by atoms with E-state index in [1.54, 1.807) is 0 Å². The van der Waals surface area contributed by atoms with E-state index in [4.69, 9.17) is 23.8 Å². The highest BCUT2D eigenvalue weighted by atomic mass is 35.5. The maximum atomic E-state index is 6.07. The topological polar surface area (TPSA) is 20.7 Å². The third kappa shape index (κ3) is 2.25. The van der Waals surface area contributed by atoms with Crippen molar-refractivity contribution >= 4 is 34.9 Å². The first-order valence-electron chi connectivity index (χ1n) is 6.27. The first kappa shape index (κ1) is 12.0. The SMILES string of the molecule is S=c1[nH]c2ccc(Cl)cc2n1CC1CC=CCC1. The Kier molecular flexibility index (Phi) is 3.27. The quantitative estimate of drug-likeness (QED) is 0.623. The van der Waals surface area contributed by atoms with Crippen LogP contribution in [0.25, 0.3) is 11.0 Å². The van der Waals surface area contributed by atoms with Crippen LogP contribution in [0.3, 0.4) is 0 Å². The van der Waals surface area contributed by atoms with E-state index in [9.17, 15) is 0 Å². The Balaban J connectivity index is 1.99. The standard InChI is InChI=1S/C14H15ClN2S/c15-11-6-7-12-13(8-11)17(14(18)16-12)9-10-4-2-1-3-5-10/h1-2,6-8,10H,3-5,9H2,(H,16,18). The molecule has 1 aliphatic rings. The van der Waals surface area contributed by atoms with Gasteiger partial charge >= 0.3 is 0 Å². The summed E-state index contributed by atoms with van der Waals surface area (Å²) in [4.78, 5) is 3.24. The molecule has 1 N–H and O–H groups in total. The van der Waals surface area contributed by atoms with Crippen LogP contribution in [0.1, 0.15) is 19.3 Å². The normalized spacial score (nSPS) is 19.5. The van der Waals surface area contributed by atoms with Crippen molar-refractivity contribution in [3.8, 4) is 0 Å². The summed E-state index contributed by atoms with van der Waals surface area (Å²) in [6.07, 6.45) is 8.11. The molecule has 1 heterocycles. The molecule has 1 atom stereocenters. The molecule has 1 aromatic carbocycles. The Bertz CT molecular complexity index is 653. The van der Waals surface area contributed by atoms with Crippen molar-refractivity contribution in [2.24, 2.45) is 5.92 Å². The molecule has 0 amide bonds. The average molecular weight is 279 g/mol. The fraction of sp³-hybridized carbons (Fsp3) is 0.357. The molecule has 18 heavy (non-hydrogen) atoms. The van der Waals surface area contributed by atoms with Crippen LogP contribution in [0.4, 0.5) is 0 Å². The van der Waals surface area contributed by atoms with Crippen LogP contribution in [-0.4, -0.2) is 9.55 Å². The highest BCUT2D eigenvalue weighted by Gasteiger charge is 2.13. The molecule has 0 saturated heterocycles. The summed E-state index contributed by atoms with van der Waals surface area (Å²) < 4.78 is 2.97. The maximum Gasteiger partial charge on any atom is 0.178 e. The Morgan fingerprint density at radius 2 is 2.28 bits per heavy atom. The second-order valence-electron chi connectivity index (χ2n) is 4.85. The molecule has 0 spiro atoms. The molecule has 1 aromatic heterocycles. The molecule has 4 heteroatoms. The van der Waals surface area contributed by atoms with Gasteiger partial charge in [-0.15, -0.1) is 0 Å². The minimum atomic E-state index is 0.680. The van der Waals surface area contributed by atoms with E-state index < -0.39 is 0 Å². The third-order valence-electron chi connectivity index (χ3n) is 3.56. The van der Waals surface area contributed by atoms with Gasteiger partial charge in [0.25, 0.3) is 0 Å². The largest absolute Gasteiger partial charge is 0.331 e. The lowest BCUT2D eigenvalue weighted by Crippen LogP contribution is -2.12.